The van der Waals surface area contributed by atoms with Crippen LogP contribution in [0.3, 0.4) is 0 Å². The third-order valence-electron chi connectivity index (χ3n) is 1.51. The van der Waals surface area contributed by atoms with Crippen molar-refractivity contribution >= 4 is 12.0 Å². The Kier molecular flexibility index (Phi) is 3.36. The van der Waals surface area contributed by atoms with E-state index in [2.05, 4.69) is 5.32 Å². The van der Waals surface area contributed by atoms with Crippen LogP contribution in [0.4, 0.5) is 4.79 Å². The average molecular weight is 160 g/mol. The van der Waals surface area contributed by atoms with Crippen molar-refractivity contribution in [3.8, 4) is 0 Å². The number of urea groups is 1. The van der Waals surface area contributed by atoms with Gasteiger partial charge in [0.2, 0.25) is 0 Å². The Balaban J connectivity index is 3.92. The molecule has 11 heavy (non-hydrogen) atoms. The van der Waals surface area contributed by atoms with Crippen LogP contribution in [-0.4, -0.2) is 23.1 Å². The van der Waals surface area contributed by atoms with E-state index in [-0.39, 0.29) is 0 Å². The van der Waals surface area contributed by atoms with Gasteiger partial charge in [-0.2, -0.15) is 0 Å². The fourth-order valence-electron chi connectivity index (χ4n) is 0.563. The number of amides is 2. The number of rotatable bonds is 3. The van der Waals surface area contributed by atoms with Crippen molar-refractivity contribution in [3.05, 3.63) is 0 Å². The van der Waals surface area contributed by atoms with E-state index in [4.69, 9.17) is 10.8 Å². The zero-order chi connectivity index (χ0) is 9.02. The minimum Gasteiger partial charge on any atom is -0.481 e. The molecule has 0 aromatic rings. The standard InChI is InChI=1S/C6H12N2O3/c1-3(5(9)10)4(2)8-6(7)11/h3-4H,1-2H3,(H,9,10)(H3,7,8,11)/t3-,4-/m0/s1. The largest absolute Gasteiger partial charge is 0.481 e. The minimum absolute atomic E-state index is 0.440. The summed E-state index contributed by atoms with van der Waals surface area (Å²) < 4.78 is 0. The Hall–Kier alpha value is -1.26. The van der Waals surface area contributed by atoms with Crippen LogP contribution in [0, 0.1) is 5.92 Å². The van der Waals surface area contributed by atoms with E-state index in [0.29, 0.717) is 0 Å². The number of hydrogen-bond acceptors (Lipinski definition) is 2. The molecule has 2 atom stereocenters. The summed E-state index contributed by atoms with van der Waals surface area (Å²) in [6.45, 7) is 3.09. The summed E-state index contributed by atoms with van der Waals surface area (Å²) >= 11 is 0. The topological polar surface area (TPSA) is 92.4 Å². The van der Waals surface area contributed by atoms with Crippen LogP contribution in [0.2, 0.25) is 0 Å². The van der Waals surface area contributed by atoms with E-state index >= 15 is 0 Å². The van der Waals surface area contributed by atoms with Gasteiger partial charge in [-0.15, -0.1) is 0 Å². The number of carboxylic acids is 1. The smallest absolute Gasteiger partial charge is 0.312 e. The molecule has 0 saturated heterocycles. The Morgan fingerprint density at radius 2 is 1.91 bits per heavy atom. The fraction of sp³-hybridized carbons (Fsp3) is 0.667. The molecule has 5 heteroatoms. The van der Waals surface area contributed by atoms with Crippen LogP contribution in [0.1, 0.15) is 13.8 Å². The second kappa shape index (κ2) is 3.80. The molecular formula is C6H12N2O3. The van der Waals surface area contributed by atoms with Crippen molar-refractivity contribution in [3.63, 3.8) is 0 Å². The van der Waals surface area contributed by atoms with E-state index in [1.165, 1.54) is 6.92 Å². The first-order valence-corrected chi connectivity index (χ1v) is 3.24. The van der Waals surface area contributed by atoms with E-state index in [9.17, 15) is 9.59 Å². The number of carboxylic acid groups (broad SMARTS) is 1. The number of aliphatic carboxylic acids is 1. The van der Waals surface area contributed by atoms with Gasteiger partial charge in [-0.1, -0.05) is 0 Å². The Labute approximate surface area is 64.6 Å². The lowest BCUT2D eigenvalue weighted by Crippen LogP contribution is -2.42. The molecule has 64 valence electrons. The van der Waals surface area contributed by atoms with Crippen molar-refractivity contribution in [2.24, 2.45) is 11.7 Å². The van der Waals surface area contributed by atoms with E-state index in [0.717, 1.165) is 0 Å². The van der Waals surface area contributed by atoms with E-state index in [1.807, 2.05) is 0 Å². The van der Waals surface area contributed by atoms with E-state index < -0.39 is 24.0 Å². The molecule has 0 aromatic heterocycles. The predicted molar refractivity (Wildman–Crippen MR) is 39.0 cm³/mol. The molecular weight excluding hydrogens is 148 g/mol. The van der Waals surface area contributed by atoms with Gasteiger partial charge >= 0.3 is 12.0 Å². The highest BCUT2D eigenvalue weighted by Crippen LogP contribution is 2.01. The molecule has 0 bridgehead atoms. The Bertz CT molecular complexity index is 169. The molecule has 0 heterocycles. The molecule has 0 rings (SSSR count). The molecule has 0 aromatic carbocycles. The fourth-order valence-corrected chi connectivity index (χ4v) is 0.563. The number of nitrogens with two attached hydrogens (primary N) is 1. The zero-order valence-corrected chi connectivity index (χ0v) is 6.50. The van der Waals surface area contributed by atoms with Crippen molar-refractivity contribution < 1.29 is 14.7 Å². The van der Waals surface area contributed by atoms with Gasteiger partial charge in [-0.05, 0) is 13.8 Å². The summed E-state index contributed by atoms with van der Waals surface area (Å²) in [5.74, 6) is -1.58. The maximum Gasteiger partial charge on any atom is 0.312 e. The number of primary amides is 1. The molecule has 0 fully saturated rings. The van der Waals surface area contributed by atoms with Gasteiger partial charge < -0.3 is 16.2 Å². The molecule has 0 aliphatic carbocycles. The lowest BCUT2D eigenvalue weighted by atomic mass is 10.1. The summed E-state index contributed by atoms with van der Waals surface area (Å²) in [5, 5.41) is 10.8. The second-order valence-electron chi connectivity index (χ2n) is 2.42. The maximum absolute atomic E-state index is 10.3. The first-order chi connectivity index (χ1) is 4.95. The van der Waals surface area contributed by atoms with Gasteiger partial charge in [0.1, 0.15) is 0 Å². The zero-order valence-electron chi connectivity index (χ0n) is 6.50. The molecule has 0 radical (unpaired) electrons. The normalized spacial score (nSPS) is 15.1. The predicted octanol–water partition coefficient (Wildman–Crippen LogP) is -0.236. The summed E-state index contributed by atoms with van der Waals surface area (Å²) in [6.07, 6.45) is 0. The van der Waals surface area contributed by atoms with Crippen LogP contribution >= 0.6 is 0 Å². The highest BCUT2D eigenvalue weighted by atomic mass is 16.4. The highest BCUT2D eigenvalue weighted by molar-refractivity contribution is 5.74. The van der Waals surface area contributed by atoms with Gasteiger partial charge in [0.15, 0.2) is 0 Å². The second-order valence-corrected chi connectivity index (χ2v) is 2.42. The minimum atomic E-state index is -0.953. The van der Waals surface area contributed by atoms with Gasteiger partial charge in [0, 0.05) is 6.04 Å². The first kappa shape index (κ1) is 9.74. The third kappa shape index (κ3) is 3.44. The van der Waals surface area contributed by atoms with Crippen LogP contribution in [0.25, 0.3) is 0 Å². The van der Waals surface area contributed by atoms with Crippen molar-refractivity contribution in [2.75, 3.05) is 0 Å². The first-order valence-electron chi connectivity index (χ1n) is 3.24. The Morgan fingerprint density at radius 1 is 1.45 bits per heavy atom. The quantitative estimate of drug-likeness (QED) is 0.532. The molecule has 0 spiro atoms. The molecule has 4 N–H and O–H groups in total. The van der Waals surface area contributed by atoms with Gasteiger partial charge in [-0.3, -0.25) is 4.79 Å². The SMILES string of the molecule is C[C@H](NC(N)=O)[C@H](C)C(=O)O. The number of nitrogens with one attached hydrogen (secondary N) is 1. The Morgan fingerprint density at radius 3 is 2.18 bits per heavy atom. The lowest BCUT2D eigenvalue weighted by molar-refractivity contribution is -0.141. The van der Waals surface area contributed by atoms with Crippen molar-refractivity contribution in [1.82, 2.24) is 5.32 Å². The molecule has 5 nitrogen and oxygen atoms in total. The van der Waals surface area contributed by atoms with Crippen LogP contribution in [-0.2, 0) is 4.79 Å². The molecule has 0 aliphatic heterocycles. The van der Waals surface area contributed by atoms with E-state index in [1.54, 1.807) is 6.92 Å². The third-order valence-corrected chi connectivity index (χ3v) is 1.51. The monoisotopic (exact) mass is 160 g/mol. The maximum atomic E-state index is 10.3. The van der Waals surface area contributed by atoms with Gasteiger partial charge in [-0.25, -0.2) is 4.79 Å². The summed E-state index contributed by atoms with van der Waals surface area (Å²) in [6, 6.07) is -1.14. The van der Waals surface area contributed by atoms with Crippen LogP contribution in [0.5, 0.6) is 0 Å². The average Bonchev–Trinajstić information content (AvgIpc) is 1.84. The van der Waals surface area contributed by atoms with Crippen LogP contribution < -0.4 is 11.1 Å². The number of carbonyl (C=O) groups excluding carboxylic acids is 1. The molecule has 0 saturated carbocycles. The van der Waals surface area contributed by atoms with Crippen molar-refractivity contribution in [2.45, 2.75) is 19.9 Å². The van der Waals surface area contributed by atoms with Crippen molar-refractivity contribution in [1.29, 1.82) is 0 Å². The molecule has 2 amide bonds. The van der Waals surface area contributed by atoms with Crippen LogP contribution in [0.15, 0.2) is 0 Å². The highest BCUT2D eigenvalue weighted by Gasteiger charge is 2.19. The molecule has 0 unspecified atom stereocenters. The number of carbonyl (C=O) groups is 2. The molecule has 0 aliphatic rings. The number of hydrogen-bond donors (Lipinski definition) is 3. The summed E-state index contributed by atoms with van der Waals surface area (Å²) in [7, 11) is 0. The lowest BCUT2D eigenvalue weighted by Gasteiger charge is -2.15. The van der Waals surface area contributed by atoms with Gasteiger partial charge in [0.25, 0.3) is 0 Å². The summed E-state index contributed by atoms with van der Waals surface area (Å²) in [4.78, 5) is 20.6. The van der Waals surface area contributed by atoms with Gasteiger partial charge in [0.05, 0.1) is 5.92 Å². The summed E-state index contributed by atoms with van der Waals surface area (Å²) in [5.41, 5.74) is 4.79.